The molecule has 24 valence electrons. The molecule has 1 nitrogen and oxygen atoms in total. The molecule has 0 aliphatic carbocycles. The van der Waals surface area contributed by atoms with Crippen molar-refractivity contribution >= 4 is 0 Å². The molecule has 0 aromatic carbocycles. The minimum absolute atomic E-state index is 0.0556. The van der Waals surface area contributed by atoms with Crippen molar-refractivity contribution in [3.8, 4) is 0 Å². The van der Waals surface area contributed by atoms with Crippen LogP contribution in [0.2, 0.25) is 0 Å². The summed E-state index contributed by atoms with van der Waals surface area (Å²) in [6.45, 7) is 0. The summed E-state index contributed by atoms with van der Waals surface area (Å²) in [7, 11) is 0. The first-order valence-corrected chi connectivity index (χ1v) is 0.810. The number of halogens is 1. The van der Waals surface area contributed by atoms with E-state index < -0.39 is 0 Å². The molecule has 0 spiro atoms. The van der Waals surface area contributed by atoms with E-state index in [2.05, 4.69) is 0 Å². The fourth-order valence-electron chi connectivity index (χ4n) is 0. The molecule has 0 unspecified atom stereocenters. The van der Waals surface area contributed by atoms with E-state index in [4.69, 9.17) is 5.11 Å². The van der Waals surface area contributed by atoms with Crippen molar-refractivity contribution in [3.63, 3.8) is 0 Å². The van der Waals surface area contributed by atoms with Crippen LogP contribution in [0.5, 0.6) is 0 Å². The van der Waals surface area contributed by atoms with Crippen LogP contribution >= 0.6 is 0 Å². The lowest BCUT2D eigenvalue weighted by molar-refractivity contribution is 0.457. The van der Waals surface area contributed by atoms with Crippen LogP contribution in [-0.4, -0.2) is 5.11 Å². The molecule has 0 aromatic rings. The van der Waals surface area contributed by atoms with Crippen molar-refractivity contribution in [1.29, 1.82) is 0 Å². The minimum Gasteiger partial charge on any atom is -0.513 e. The van der Waals surface area contributed by atoms with Gasteiger partial charge < -0.3 is 5.11 Å². The maximum atomic E-state index is 10.3. The van der Waals surface area contributed by atoms with Crippen molar-refractivity contribution < 1.29 is 9.50 Å². The Bertz CT molecular complexity index is 21.2. The summed E-state index contributed by atoms with van der Waals surface area (Å²) >= 11 is 0. The fraction of sp³-hybridized carbons (Fsp3) is 0. The van der Waals surface area contributed by atoms with Crippen LogP contribution in [0.4, 0.5) is 4.39 Å². The Morgan fingerprint density at radius 1 is 1.75 bits per heavy atom. The highest BCUT2D eigenvalue weighted by molar-refractivity contribution is 4.50. The molecule has 0 amide bonds. The van der Waals surface area contributed by atoms with Crippen LogP contribution in [0.3, 0.4) is 0 Å². The summed E-state index contributed by atoms with van der Waals surface area (Å²) in [5, 5.41) is 7.32. The first kappa shape index (κ1) is 3.47. The second kappa shape index (κ2) is 2.47. The Morgan fingerprint density at radius 3 is 2.00 bits per heavy atom. The summed E-state index contributed by atoms with van der Waals surface area (Å²) in [4.78, 5) is 0. The van der Waals surface area contributed by atoms with Crippen LogP contribution in [-0.2, 0) is 0 Å². The highest BCUT2D eigenvalue weighted by Crippen LogP contribution is 1.58. The summed E-state index contributed by atoms with van der Waals surface area (Å²) in [6, 6.07) is 0. The van der Waals surface area contributed by atoms with Gasteiger partial charge in [0.1, 0.15) is 12.6 Å². The van der Waals surface area contributed by atoms with E-state index in [1.54, 1.807) is 0 Å². The van der Waals surface area contributed by atoms with Crippen LogP contribution in [0.25, 0.3) is 0 Å². The minimum atomic E-state index is 0.0556. The molecule has 0 fully saturated rings. The fourth-order valence-corrected chi connectivity index (χ4v) is 0. The predicted octanol–water partition coefficient (Wildman–Crippen LogP) is 0.985. The molecule has 1 N–H and O–H groups in total. The third kappa shape index (κ3) is 1.47. The largest absolute Gasteiger partial charge is 0.513 e. The van der Waals surface area contributed by atoms with Crippen molar-refractivity contribution in [1.82, 2.24) is 0 Å². The van der Waals surface area contributed by atoms with Crippen LogP contribution < -0.4 is 0 Å². The van der Waals surface area contributed by atoms with Crippen LogP contribution in [0.15, 0.2) is 12.6 Å². The van der Waals surface area contributed by atoms with E-state index in [9.17, 15) is 4.39 Å². The highest BCUT2D eigenvalue weighted by Gasteiger charge is 1.40. The van der Waals surface area contributed by atoms with Gasteiger partial charge in [-0.25, -0.2) is 4.39 Å². The molecule has 0 aromatic heterocycles. The normalized spacial score (nSPS) is 9.25. The zero-order valence-corrected chi connectivity index (χ0v) is 1.98. The van der Waals surface area contributed by atoms with Gasteiger partial charge in [-0.3, -0.25) is 0 Å². The number of rotatable bonds is 0. The molecule has 0 aliphatic rings. The molecular formula is C2H3FO. The van der Waals surface area contributed by atoms with Gasteiger partial charge in [-0.2, -0.15) is 0 Å². The van der Waals surface area contributed by atoms with Gasteiger partial charge in [-0.05, 0) is 0 Å². The van der Waals surface area contributed by atoms with Gasteiger partial charge in [-0.1, -0.05) is 0 Å². The average Bonchev–Trinajstić information content (AvgIpc) is 1.37. The quantitative estimate of drug-likeness (QED) is 0.415. The Hall–Kier alpha value is -0.530. The highest BCUT2D eigenvalue weighted by atomic mass is 19.1. The second-order valence-electron chi connectivity index (χ2n) is 0.275. The van der Waals surface area contributed by atoms with Crippen LogP contribution in [0.1, 0.15) is 0 Å². The molecule has 0 rings (SSSR count). The third-order valence-electron chi connectivity index (χ3n) is 0.0563. The molecule has 0 aliphatic heterocycles. The maximum Gasteiger partial charge on any atom is 0.121 e. The molecule has 0 radical (unpaired) electrons. The number of hydrogen-bond donors (Lipinski definition) is 1. The Kier molecular flexibility index (Phi) is 2.14. The lowest BCUT2D eigenvalue weighted by atomic mass is 11.1. The maximum absolute atomic E-state index is 10.3. The van der Waals surface area contributed by atoms with Gasteiger partial charge in [0, 0.05) is 0 Å². The standard InChI is InChI=1S/C2H3FO/c3-1-2-4/h1-2,4H. The van der Waals surface area contributed by atoms with E-state index in [0.717, 1.165) is 0 Å². The lowest BCUT2D eigenvalue weighted by Crippen LogP contribution is -1.34. The second-order valence-corrected chi connectivity index (χ2v) is 0.275. The van der Waals surface area contributed by atoms with E-state index in [1.807, 2.05) is 0 Å². The first-order valence-electron chi connectivity index (χ1n) is 0.810. The van der Waals surface area contributed by atoms with Gasteiger partial charge in [0.25, 0.3) is 0 Å². The molecular weight excluding hydrogens is 59.0 g/mol. The molecule has 2 heteroatoms. The number of aliphatic hydroxyl groups excluding tert-OH is 1. The summed E-state index contributed by atoms with van der Waals surface area (Å²) in [5.74, 6) is 0. The van der Waals surface area contributed by atoms with E-state index >= 15 is 0 Å². The van der Waals surface area contributed by atoms with Crippen molar-refractivity contribution in [3.05, 3.63) is 12.6 Å². The molecule has 0 heterocycles. The lowest BCUT2D eigenvalue weighted by Gasteiger charge is -1.50. The van der Waals surface area contributed by atoms with Crippen molar-refractivity contribution in [2.75, 3.05) is 0 Å². The molecule has 0 saturated heterocycles. The Morgan fingerprint density at radius 2 is 2.00 bits per heavy atom. The van der Waals surface area contributed by atoms with Gasteiger partial charge >= 0.3 is 0 Å². The molecule has 0 bridgehead atoms. The summed E-state index contributed by atoms with van der Waals surface area (Å²) < 4.78 is 10.3. The van der Waals surface area contributed by atoms with Gasteiger partial charge in [0.2, 0.25) is 0 Å². The SMILES string of the molecule is OC=CF. The molecule has 0 atom stereocenters. The zero-order chi connectivity index (χ0) is 3.41. The molecule has 0 saturated carbocycles. The predicted molar refractivity (Wildman–Crippen MR) is 12.9 cm³/mol. The summed E-state index contributed by atoms with van der Waals surface area (Å²) in [6.07, 6.45) is 0.389. The van der Waals surface area contributed by atoms with E-state index in [1.165, 1.54) is 0 Å². The number of aliphatic hydroxyl groups is 1. The third-order valence-corrected chi connectivity index (χ3v) is 0.0563. The van der Waals surface area contributed by atoms with Crippen molar-refractivity contribution in [2.24, 2.45) is 0 Å². The topological polar surface area (TPSA) is 20.2 Å². The van der Waals surface area contributed by atoms with Crippen molar-refractivity contribution in [2.45, 2.75) is 0 Å². The summed E-state index contributed by atoms with van der Waals surface area (Å²) in [5.41, 5.74) is 0. The average molecular weight is 62.0 g/mol. The Balaban J connectivity index is 2.55. The molecule has 4 heavy (non-hydrogen) atoms. The first-order chi connectivity index (χ1) is 1.91. The smallest absolute Gasteiger partial charge is 0.121 e. The van der Waals surface area contributed by atoms with Gasteiger partial charge in [0.15, 0.2) is 0 Å². The number of hydrogen-bond acceptors (Lipinski definition) is 1. The zero-order valence-electron chi connectivity index (χ0n) is 1.98. The van der Waals surface area contributed by atoms with Crippen LogP contribution in [0, 0.1) is 0 Å². The monoisotopic (exact) mass is 62.0 g/mol. The van der Waals surface area contributed by atoms with E-state index in [-0.39, 0.29) is 6.33 Å². The Labute approximate surface area is 23.4 Å². The van der Waals surface area contributed by atoms with E-state index in [0.29, 0.717) is 6.26 Å². The van der Waals surface area contributed by atoms with Gasteiger partial charge in [-0.15, -0.1) is 0 Å². The van der Waals surface area contributed by atoms with Gasteiger partial charge in [0.05, 0.1) is 0 Å².